The van der Waals surface area contributed by atoms with Crippen LogP contribution >= 0.6 is 0 Å². The number of hydrogen-bond acceptors (Lipinski definition) is 5. The maximum atomic E-state index is 11.5. The maximum Gasteiger partial charge on any atom is 0.252 e. The number of nitrogens with zero attached hydrogens (tertiary/aromatic N) is 1. The molecule has 2 rings (SSSR count). The molecule has 8 heteroatoms. The second kappa shape index (κ2) is 7.29. The van der Waals surface area contributed by atoms with Crippen LogP contribution in [0.5, 0.6) is 5.75 Å². The van der Waals surface area contributed by atoms with Gasteiger partial charge in [-0.05, 0) is 50.6 Å². The van der Waals surface area contributed by atoms with Crippen LogP contribution in [0.25, 0.3) is 0 Å². The molecule has 4 N–H and O–H groups in total. The topological polar surface area (TPSA) is 116 Å². The van der Waals surface area contributed by atoms with Gasteiger partial charge in [-0.3, -0.25) is 4.79 Å². The molecular weight excluding hydrogens is 318 g/mol. The molecule has 1 aromatic rings. The Bertz CT molecular complexity index is 675. The van der Waals surface area contributed by atoms with Crippen molar-refractivity contribution < 1.29 is 17.9 Å². The van der Waals surface area contributed by atoms with Gasteiger partial charge in [0.2, 0.25) is 10.0 Å². The van der Waals surface area contributed by atoms with Crippen LogP contribution in [0.3, 0.4) is 0 Å². The lowest BCUT2D eigenvalue weighted by Crippen LogP contribution is -2.30. The molecule has 0 aromatic heterocycles. The lowest BCUT2D eigenvalue weighted by atomic mass is 10.1. The number of benzene rings is 1. The van der Waals surface area contributed by atoms with Gasteiger partial charge in [0.1, 0.15) is 5.75 Å². The van der Waals surface area contributed by atoms with Gasteiger partial charge in [-0.15, -0.1) is 0 Å². The van der Waals surface area contributed by atoms with Gasteiger partial charge >= 0.3 is 0 Å². The van der Waals surface area contributed by atoms with E-state index in [4.69, 9.17) is 15.6 Å². The zero-order chi connectivity index (χ0) is 17.0. The molecule has 128 valence electrons. The lowest BCUT2D eigenvalue weighted by molar-refractivity contribution is 0.0995. The van der Waals surface area contributed by atoms with E-state index in [1.807, 2.05) is 0 Å². The first-order valence-electron chi connectivity index (χ1n) is 7.66. The second-order valence-electron chi connectivity index (χ2n) is 5.63. The minimum Gasteiger partial charge on any atom is -0.493 e. The number of carbonyl (C=O) groups excluding carboxylic acids is 1. The normalized spacial score (nSPS) is 19.0. The van der Waals surface area contributed by atoms with Crippen LogP contribution in [0.1, 0.15) is 36.5 Å². The van der Waals surface area contributed by atoms with Crippen molar-refractivity contribution in [2.24, 2.45) is 10.9 Å². The summed E-state index contributed by atoms with van der Waals surface area (Å²) in [6.07, 6.45) is 3.18. The number of amides is 1. The Balaban J connectivity index is 2.06. The Morgan fingerprint density at radius 1 is 1.43 bits per heavy atom. The van der Waals surface area contributed by atoms with E-state index in [0.717, 1.165) is 32.0 Å². The van der Waals surface area contributed by atoms with Crippen LogP contribution in [0.4, 0.5) is 0 Å². The van der Waals surface area contributed by atoms with Crippen LogP contribution in [0.2, 0.25) is 0 Å². The van der Waals surface area contributed by atoms with Crippen molar-refractivity contribution >= 4 is 15.9 Å². The molecule has 0 aliphatic carbocycles. The summed E-state index contributed by atoms with van der Waals surface area (Å²) in [5.74, 6) is -0.465. The molecule has 0 radical (unpaired) electrons. The first-order chi connectivity index (χ1) is 10.8. The molecule has 1 heterocycles. The molecule has 0 spiro atoms. The van der Waals surface area contributed by atoms with Crippen molar-refractivity contribution in [3.63, 3.8) is 0 Å². The second-order valence-corrected chi connectivity index (χ2v) is 7.19. The van der Waals surface area contributed by atoms with Gasteiger partial charge in [0, 0.05) is 6.04 Å². The van der Waals surface area contributed by atoms with Gasteiger partial charge < -0.3 is 15.4 Å². The number of ether oxygens (including phenoxy) is 1. The van der Waals surface area contributed by atoms with Gasteiger partial charge in [-0.1, -0.05) is 6.92 Å². The molecule has 1 aliphatic rings. The van der Waals surface area contributed by atoms with Crippen molar-refractivity contribution in [3.8, 4) is 5.75 Å². The van der Waals surface area contributed by atoms with Crippen molar-refractivity contribution in [2.45, 2.75) is 37.1 Å². The number of likely N-dealkylation sites (tertiary alicyclic amines) is 1. The number of carbonyl (C=O) groups is 1. The molecule has 0 saturated carbocycles. The third-order valence-corrected chi connectivity index (χ3v) is 5.07. The lowest BCUT2D eigenvalue weighted by Gasteiger charge is -2.22. The zero-order valence-electron chi connectivity index (χ0n) is 13.2. The molecule has 1 aromatic carbocycles. The maximum absolute atomic E-state index is 11.5. The summed E-state index contributed by atoms with van der Waals surface area (Å²) in [5.41, 5.74) is 5.32. The summed E-state index contributed by atoms with van der Waals surface area (Å²) in [7, 11) is -3.89. The molecule has 1 fully saturated rings. The molecule has 1 aliphatic heterocycles. The Morgan fingerprint density at radius 2 is 2.17 bits per heavy atom. The molecule has 7 nitrogen and oxygen atoms in total. The van der Waals surface area contributed by atoms with Crippen molar-refractivity contribution in [2.75, 3.05) is 19.7 Å². The van der Waals surface area contributed by atoms with Crippen LogP contribution < -0.4 is 15.6 Å². The molecule has 1 amide bonds. The average Bonchev–Trinajstić information content (AvgIpc) is 2.93. The van der Waals surface area contributed by atoms with E-state index in [-0.39, 0.29) is 16.2 Å². The summed E-state index contributed by atoms with van der Waals surface area (Å²) in [4.78, 5) is 13.8. The highest BCUT2D eigenvalue weighted by molar-refractivity contribution is 7.89. The van der Waals surface area contributed by atoms with Crippen LogP contribution in [0, 0.1) is 0 Å². The number of hydrogen-bond donors (Lipinski definition) is 2. The van der Waals surface area contributed by atoms with Gasteiger partial charge in [0.15, 0.2) is 0 Å². The molecule has 1 atom stereocenters. The third kappa shape index (κ3) is 4.43. The number of primary amides is 1. The fraction of sp³-hybridized carbons (Fsp3) is 0.533. The van der Waals surface area contributed by atoms with Gasteiger partial charge in [0.25, 0.3) is 5.91 Å². The average molecular weight is 341 g/mol. The molecule has 0 bridgehead atoms. The summed E-state index contributed by atoms with van der Waals surface area (Å²) in [6.45, 7) is 4.70. The fourth-order valence-electron chi connectivity index (χ4n) is 2.95. The first kappa shape index (κ1) is 17.7. The van der Waals surface area contributed by atoms with Crippen molar-refractivity contribution in [1.82, 2.24) is 4.90 Å². The predicted molar refractivity (Wildman–Crippen MR) is 86.7 cm³/mol. The van der Waals surface area contributed by atoms with Crippen molar-refractivity contribution in [3.05, 3.63) is 23.8 Å². The highest BCUT2D eigenvalue weighted by Gasteiger charge is 2.23. The van der Waals surface area contributed by atoms with Crippen LogP contribution in [-0.4, -0.2) is 45.0 Å². The molecule has 1 unspecified atom stereocenters. The number of nitrogens with two attached hydrogens (primary N) is 2. The Hall–Kier alpha value is -1.64. The molecule has 1 saturated heterocycles. The summed E-state index contributed by atoms with van der Waals surface area (Å²) in [6, 6.07) is 4.37. The summed E-state index contributed by atoms with van der Waals surface area (Å²) >= 11 is 0. The van der Waals surface area contributed by atoms with Gasteiger partial charge in [-0.25, -0.2) is 13.6 Å². The fourth-order valence-corrected chi connectivity index (χ4v) is 3.49. The first-order valence-corrected chi connectivity index (χ1v) is 9.21. The smallest absolute Gasteiger partial charge is 0.252 e. The highest BCUT2D eigenvalue weighted by Crippen LogP contribution is 2.24. The van der Waals surface area contributed by atoms with E-state index in [1.54, 1.807) is 0 Å². The van der Waals surface area contributed by atoms with E-state index in [1.165, 1.54) is 18.6 Å². The van der Waals surface area contributed by atoms with Crippen molar-refractivity contribution in [1.29, 1.82) is 0 Å². The minimum atomic E-state index is -3.89. The van der Waals surface area contributed by atoms with E-state index in [0.29, 0.717) is 12.6 Å². The van der Waals surface area contributed by atoms with E-state index < -0.39 is 15.9 Å². The summed E-state index contributed by atoms with van der Waals surface area (Å²) < 4.78 is 28.4. The quantitative estimate of drug-likeness (QED) is 0.757. The van der Waals surface area contributed by atoms with E-state index in [2.05, 4.69) is 11.8 Å². The van der Waals surface area contributed by atoms with Gasteiger partial charge in [-0.2, -0.15) is 0 Å². The number of sulfonamides is 1. The van der Waals surface area contributed by atoms with E-state index in [9.17, 15) is 13.2 Å². The SMILES string of the molecule is CCN1CCCC1CCOc1ccc(S(N)(=O)=O)cc1C(N)=O. The van der Waals surface area contributed by atoms with Crippen LogP contribution in [0.15, 0.2) is 23.1 Å². The summed E-state index contributed by atoms with van der Waals surface area (Å²) in [5, 5.41) is 5.06. The minimum absolute atomic E-state index is 0.0234. The molecule has 23 heavy (non-hydrogen) atoms. The van der Waals surface area contributed by atoms with Crippen LogP contribution in [-0.2, 0) is 10.0 Å². The van der Waals surface area contributed by atoms with E-state index >= 15 is 0 Å². The monoisotopic (exact) mass is 341 g/mol. The van der Waals surface area contributed by atoms with Gasteiger partial charge in [0.05, 0.1) is 17.1 Å². The molecular formula is C15H23N3O4S. The Labute approximate surface area is 136 Å². The Morgan fingerprint density at radius 3 is 2.78 bits per heavy atom. The largest absolute Gasteiger partial charge is 0.493 e. The standard InChI is InChI=1S/C15H23N3O4S/c1-2-18-8-3-4-11(18)7-9-22-14-6-5-12(23(17,20)21)10-13(14)15(16)19/h5-6,10-11H,2-4,7-9H2,1H3,(H2,16,19)(H2,17,20,21). The predicted octanol–water partition coefficient (Wildman–Crippen LogP) is 0.686. The number of rotatable bonds is 7. The highest BCUT2D eigenvalue weighted by atomic mass is 32.2. The number of primary sulfonamides is 1. The third-order valence-electron chi connectivity index (χ3n) is 4.16. The Kier molecular flexibility index (Phi) is 5.61. The zero-order valence-corrected chi connectivity index (χ0v) is 14.0.